The van der Waals surface area contributed by atoms with E-state index in [9.17, 15) is 25.9 Å². The zero-order valence-electron chi connectivity index (χ0n) is 7.79. The van der Waals surface area contributed by atoms with Crippen molar-refractivity contribution in [2.45, 2.75) is 0 Å². The first-order valence-corrected chi connectivity index (χ1v) is 6.10. The first kappa shape index (κ1) is 24.7. The van der Waals surface area contributed by atoms with E-state index in [1.165, 1.54) is 0 Å². The van der Waals surface area contributed by atoms with E-state index >= 15 is 0 Å². The van der Waals surface area contributed by atoms with Gasteiger partial charge in [0.25, 0.3) is 0 Å². The fourth-order valence-corrected chi connectivity index (χ4v) is 0.919. The summed E-state index contributed by atoms with van der Waals surface area (Å²) in [5.74, 6) is 0. The van der Waals surface area contributed by atoms with Gasteiger partial charge in [0.15, 0.2) is 0 Å². The van der Waals surface area contributed by atoms with Gasteiger partial charge in [-0.15, -0.1) is 0 Å². The van der Waals surface area contributed by atoms with E-state index in [2.05, 4.69) is 3.63 Å². The highest BCUT2D eigenvalue weighted by molar-refractivity contribution is 7.94. The molecule has 16 heavy (non-hydrogen) atoms. The van der Waals surface area contributed by atoms with Crippen molar-refractivity contribution < 1.29 is 47.1 Å². The molecule has 0 amide bonds. The van der Waals surface area contributed by atoms with Crippen LogP contribution in [0.4, 0.5) is 0 Å². The first-order valence-electron chi connectivity index (χ1n) is 2.03. The van der Waals surface area contributed by atoms with E-state index in [0.717, 1.165) is 0 Å². The molecule has 0 radical (unpaired) electrons. The summed E-state index contributed by atoms with van der Waals surface area (Å²) >= 11 is 0. The molecule has 0 aromatic carbocycles. The summed E-state index contributed by atoms with van der Waals surface area (Å²) in [5.41, 5.74) is 0. The van der Waals surface area contributed by atoms with Crippen molar-refractivity contribution >= 4 is 31.2 Å². The van der Waals surface area contributed by atoms with E-state index in [-0.39, 0.29) is 12.3 Å². The molecular weight excluding hydrogens is 300 g/mol. The molecule has 0 aliphatic carbocycles. The van der Waals surface area contributed by atoms with E-state index in [4.69, 9.17) is 17.5 Å². The van der Waals surface area contributed by atoms with Gasteiger partial charge in [0.05, 0.1) is 0 Å². The molecule has 10 N–H and O–H groups in total. The Morgan fingerprint density at radius 2 is 0.875 bits per heavy atom. The molecule has 104 valence electrons. The van der Waals surface area contributed by atoms with Crippen molar-refractivity contribution in [3.05, 3.63) is 0 Å². The van der Waals surface area contributed by atoms with Crippen LogP contribution in [-0.2, 0) is 34.8 Å². The van der Waals surface area contributed by atoms with Crippen LogP contribution in [-0.4, -0.2) is 43.5 Å². The normalized spacial score (nSPS) is 11.2. The van der Waals surface area contributed by atoms with Crippen molar-refractivity contribution in [3.63, 3.8) is 0 Å². The van der Waals surface area contributed by atoms with Crippen LogP contribution in [0.15, 0.2) is 0 Å². The summed E-state index contributed by atoms with van der Waals surface area (Å²) in [6.07, 6.45) is 0. The van der Waals surface area contributed by atoms with Crippen LogP contribution in [0.5, 0.6) is 0 Å². The lowest BCUT2D eigenvalue weighted by atomic mass is 14.0. The van der Waals surface area contributed by atoms with E-state index in [1.807, 2.05) is 0 Å². The zero-order valence-corrected chi connectivity index (χ0v) is 10.2. The first-order chi connectivity index (χ1) is 5.71. The van der Waals surface area contributed by atoms with Crippen LogP contribution >= 0.6 is 0 Å². The molecule has 0 saturated heterocycles. The molecule has 0 rings (SSSR count). The minimum atomic E-state index is -5.43. The molecule has 0 aliphatic rings. The molecule has 0 aliphatic heterocycles. The van der Waals surface area contributed by atoms with Crippen molar-refractivity contribution in [2.75, 3.05) is 0 Å². The Morgan fingerprint density at radius 1 is 0.750 bits per heavy atom. The lowest BCUT2D eigenvalue weighted by Crippen LogP contribution is -2.11. The highest BCUT2D eigenvalue weighted by atomic mass is 32.3. The molecule has 0 unspecified atom stereocenters. The van der Waals surface area contributed by atoms with Crippen LogP contribution in [0.25, 0.3) is 0 Å². The Bertz CT molecular complexity index is 411. The van der Waals surface area contributed by atoms with Crippen molar-refractivity contribution in [2.24, 2.45) is 0 Å². The lowest BCUT2D eigenvalue weighted by molar-refractivity contribution is 0.328. The second-order valence-electron chi connectivity index (χ2n) is 1.33. The zero-order chi connectivity index (χ0) is 12.2. The minimum absolute atomic E-state index is 0. The van der Waals surface area contributed by atoms with Gasteiger partial charge in [-0.1, -0.05) is 0 Å². The Labute approximate surface area is 91.1 Å². The van der Waals surface area contributed by atoms with Gasteiger partial charge in [0, 0.05) is 0 Å². The highest BCUT2D eigenvalue weighted by Crippen LogP contribution is 1.91. The standard InChI is InChI=1S/2H3N.H2O7S2.H2O4S/c;;1-8(2,3)7-9(4,5)6;1-5(2,3)4/h2*1H3;(H,1,2,3)(H,4,5,6);(H2,1,2,3,4). The average molecular weight is 310 g/mol. The fraction of sp³-hybridized carbons (Fsp3) is 0. The molecule has 0 atom stereocenters. The number of quaternary nitrogens is 2. The van der Waals surface area contributed by atoms with Crippen LogP contribution in [0.2, 0.25) is 0 Å². The maximum atomic E-state index is 9.29. The summed E-state index contributed by atoms with van der Waals surface area (Å²) in [6, 6.07) is 0. The monoisotopic (exact) mass is 310 g/mol. The fourth-order valence-electron chi connectivity index (χ4n) is 0.102. The average Bonchev–Trinajstić information content (AvgIpc) is 1.42. The van der Waals surface area contributed by atoms with E-state index in [1.54, 1.807) is 0 Å². The highest BCUT2D eigenvalue weighted by Gasteiger charge is 1.99. The molecule has 16 heteroatoms. The molecular formula is H10N2O11S3. The number of hydrogen-bond acceptors (Lipinski definition) is 9. The molecule has 0 aromatic heterocycles. The van der Waals surface area contributed by atoms with E-state index < -0.39 is 31.2 Å². The molecule has 0 aromatic rings. The maximum absolute atomic E-state index is 9.29. The number of rotatable bonds is 2. The predicted molar refractivity (Wildman–Crippen MR) is 46.6 cm³/mol. The Morgan fingerprint density at radius 3 is 0.875 bits per heavy atom. The van der Waals surface area contributed by atoms with Crippen LogP contribution in [0, 0.1) is 0 Å². The van der Waals surface area contributed by atoms with Gasteiger partial charge in [-0.05, 0) is 0 Å². The second kappa shape index (κ2) is 7.78. The molecule has 0 saturated carbocycles. The molecule has 0 fully saturated rings. The minimum Gasteiger partial charge on any atom is -0.725 e. The third-order valence-electron chi connectivity index (χ3n) is 0.167. The van der Waals surface area contributed by atoms with Gasteiger partial charge in [0.2, 0.25) is 20.8 Å². The summed E-state index contributed by atoms with van der Waals surface area (Å²) < 4.78 is 89.8. The maximum Gasteiger partial charge on any atom is 0.394 e. The van der Waals surface area contributed by atoms with Crippen molar-refractivity contribution in [1.82, 2.24) is 12.3 Å². The van der Waals surface area contributed by atoms with Crippen LogP contribution in [0.1, 0.15) is 0 Å². The third-order valence-corrected chi connectivity index (χ3v) is 1.50. The van der Waals surface area contributed by atoms with Crippen LogP contribution < -0.4 is 12.3 Å². The lowest BCUT2D eigenvalue weighted by Gasteiger charge is -2.08. The molecule has 0 spiro atoms. The van der Waals surface area contributed by atoms with Crippen LogP contribution in [0.3, 0.4) is 0 Å². The van der Waals surface area contributed by atoms with Gasteiger partial charge in [-0.3, -0.25) is 9.11 Å². The van der Waals surface area contributed by atoms with E-state index in [0.29, 0.717) is 0 Å². The van der Waals surface area contributed by atoms with Gasteiger partial charge in [-0.2, -0.15) is 12.0 Å². The topological polar surface area (TPSA) is 271 Å². The van der Waals surface area contributed by atoms with Crippen molar-refractivity contribution in [3.8, 4) is 0 Å². The van der Waals surface area contributed by atoms with Gasteiger partial charge in [0.1, 0.15) is 0 Å². The summed E-state index contributed by atoms with van der Waals surface area (Å²) in [5, 5.41) is 0. The predicted octanol–water partition coefficient (Wildman–Crippen LogP) is -1.98. The smallest absolute Gasteiger partial charge is 0.394 e. The van der Waals surface area contributed by atoms with Crippen molar-refractivity contribution in [1.29, 1.82) is 0 Å². The summed E-state index contributed by atoms with van der Waals surface area (Å²) in [7, 11) is -15.5. The summed E-state index contributed by atoms with van der Waals surface area (Å²) in [6.45, 7) is 0. The van der Waals surface area contributed by atoms with Gasteiger partial charge in [-0.25, -0.2) is 16.8 Å². The van der Waals surface area contributed by atoms with Gasteiger partial charge < -0.3 is 21.4 Å². The number of hydrogen-bond donors (Lipinski definition) is 4. The third kappa shape index (κ3) is 69.1. The Balaban J connectivity index is -0.0000000904. The second-order valence-corrected chi connectivity index (χ2v) is 4.41. The van der Waals surface area contributed by atoms with Gasteiger partial charge >= 0.3 is 10.4 Å². The Kier molecular flexibility index (Phi) is 12.0. The molecule has 13 nitrogen and oxygen atoms in total. The molecule has 0 heterocycles. The largest absolute Gasteiger partial charge is 0.725 e. The molecule has 0 bridgehead atoms. The SMILES string of the molecule is O=S(=O)(O)O.O=S(=O)([O-])OS(=O)(=O)[O-].[NH4+].[NH4+]. The quantitative estimate of drug-likeness (QED) is 0.320. The Hall–Kier alpha value is -0.430. The summed E-state index contributed by atoms with van der Waals surface area (Å²) in [4.78, 5) is 0.